The maximum atomic E-state index is 11.3. The van der Waals surface area contributed by atoms with E-state index >= 15 is 0 Å². The van der Waals surface area contributed by atoms with Crippen molar-refractivity contribution >= 4 is 5.91 Å². The van der Waals surface area contributed by atoms with Crippen LogP contribution in [0.3, 0.4) is 0 Å². The molecule has 1 saturated carbocycles. The van der Waals surface area contributed by atoms with Crippen molar-refractivity contribution in [3.05, 3.63) is 53.9 Å². The van der Waals surface area contributed by atoms with Gasteiger partial charge in [0, 0.05) is 23.4 Å². The minimum atomic E-state index is -0.885. The second-order valence-electron chi connectivity index (χ2n) is 6.25. The Bertz CT molecular complexity index is 704. The summed E-state index contributed by atoms with van der Waals surface area (Å²) in [7, 11) is 0. The van der Waals surface area contributed by atoms with Gasteiger partial charge in [0.2, 0.25) is 5.91 Å². The molecule has 2 aromatic rings. The number of nitrogens with zero attached hydrogens (tertiary/aromatic N) is 1. The predicted octanol–water partition coefficient (Wildman–Crippen LogP) is 1.94. The number of rotatable bonds is 3. The van der Waals surface area contributed by atoms with Crippen molar-refractivity contribution in [1.82, 2.24) is 4.98 Å². The molecule has 0 saturated heterocycles. The fraction of sp³-hybridized carbons (Fsp3) is 0.333. The van der Waals surface area contributed by atoms with Gasteiger partial charge in [0.05, 0.1) is 5.69 Å². The minimum Gasteiger partial charge on any atom is -0.384 e. The third-order valence-corrected chi connectivity index (χ3v) is 4.58. The van der Waals surface area contributed by atoms with E-state index in [1.807, 2.05) is 18.2 Å². The SMILES string of the molecule is NC(=O)c1cccc(-c2ccc(C3(O)CCC(N)CC3)nc2)c1. The summed E-state index contributed by atoms with van der Waals surface area (Å²) < 4.78 is 0. The van der Waals surface area contributed by atoms with Crippen LogP contribution in [0.25, 0.3) is 11.1 Å². The van der Waals surface area contributed by atoms with E-state index in [1.54, 1.807) is 24.4 Å². The number of pyridine rings is 1. The van der Waals surface area contributed by atoms with Crippen LogP contribution < -0.4 is 11.5 Å². The summed E-state index contributed by atoms with van der Waals surface area (Å²) in [6.07, 6.45) is 4.61. The van der Waals surface area contributed by atoms with Gasteiger partial charge in [-0.1, -0.05) is 18.2 Å². The molecule has 0 atom stereocenters. The molecule has 1 aliphatic carbocycles. The summed E-state index contributed by atoms with van der Waals surface area (Å²) in [6.45, 7) is 0. The number of carbonyl (C=O) groups is 1. The number of aliphatic hydroxyl groups is 1. The highest BCUT2D eigenvalue weighted by molar-refractivity contribution is 5.94. The van der Waals surface area contributed by atoms with Gasteiger partial charge in [-0.3, -0.25) is 9.78 Å². The van der Waals surface area contributed by atoms with Crippen LogP contribution in [0.5, 0.6) is 0 Å². The minimum absolute atomic E-state index is 0.172. The molecule has 1 aromatic carbocycles. The zero-order valence-corrected chi connectivity index (χ0v) is 12.9. The summed E-state index contributed by atoms with van der Waals surface area (Å²) in [5.74, 6) is -0.454. The number of carbonyl (C=O) groups excluding carboxylic acids is 1. The number of benzene rings is 1. The fourth-order valence-electron chi connectivity index (χ4n) is 3.07. The van der Waals surface area contributed by atoms with Gasteiger partial charge in [-0.2, -0.15) is 0 Å². The number of nitrogens with two attached hydrogens (primary N) is 2. The third kappa shape index (κ3) is 3.25. The summed E-state index contributed by atoms with van der Waals surface area (Å²) in [5, 5.41) is 10.8. The van der Waals surface area contributed by atoms with Gasteiger partial charge in [0.1, 0.15) is 5.60 Å². The lowest BCUT2D eigenvalue weighted by molar-refractivity contribution is -0.00885. The Balaban J connectivity index is 1.85. The lowest BCUT2D eigenvalue weighted by Gasteiger charge is -2.34. The van der Waals surface area contributed by atoms with E-state index in [0.717, 1.165) is 24.0 Å². The number of primary amides is 1. The monoisotopic (exact) mass is 311 g/mol. The zero-order valence-electron chi connectivity index (χ0n) is 12.9. The second kappa shape index (κ2) is 6.10. The van der Waals surface area contributed by atoms with Crippen LogP contribution in [0.2, 0.25) is 0 Å². The summed E-state index contributed by atoms with van der Waals surface area (Å²) in [5.41, 5.74) is 13.2. The summed E-state index contributed by atoms with van der Waals surface area (Å²) in [4.78, 5) is 15.7. The lowest BCUT2D eigenvalue weighted by Crippen LogP contribution is -2.37. The molecule has 5 N–H and O–H groups in total. The summed E-state index contributed by atoms with van der Waals surface area (Å²) >= 11 is 0. The van der Waals surface area contributed by atoms with Crippen molar-refractivity contribution < 1.29 is 9.90 Å². The maximum absolute atomic E-state index is 11.3. The Labute approximate surface area is 135 Å². The molecule has 1 aromatic heterocycles. The first-order valence-electron chi connectivity index (χ1n) is 7.83. The molecule has 120 valence electrons. The highest BCUT2D eigenvalue weighted by Crippen LogP contribution is 2.36. The van der Waals surface area contributed by atoms with Gasteiger partial charge in [-0.15, -0.1) is 0 Å². The van der Waals surface area contributed by atoms with Crippen molar-refractivity contribution in [2.24, 2.45) is 11.5 Å². The predicted molar refractivity (Wildman–Crippen MR) is 88.5 cm³/mol. The van der Waals surface area contributed by atoms with Crippen LogP contribution in [0.15, 0.2) is 42.6 Å². The van der Waals surface area contributed by atoms with Crippen LogP contribution >= 0.6 is 0 Å². The molecular weight excluding hydrogens is 290 g/mol. The molecule has 1 fully saturated rings. The average molecular weight is 311 g/mol. The van der Waals surface area contributed by atoms with Crippen molar-refractivity contribution in [2.45, 2.75) is 37.3 Å². The van der Waals surface area contributed by atoms with Gasteiger partial charge in [0.15, 0.2) is 0 Å². The Morgan fingerprint density at radius 2 is 1.91 bits per heavy atom. The second-order valence-corrected chi connectivity index (χ2v) is 6.25. The van der Waals surface area contributed by atoms with Crippen LogP contribution in [0, 0.1) is 0 Å². The molecule has 1 heterocycles. The number of amides is 1. The molecule has 5 nitrogen and oxygen atoms in total. The fourth-order valence-corrected chi connectivity index (χ4v) is 3.07. The molecule has 0 spiro atoms. The molecule has 23 heavy (non-hydrogen) atoms. The van der Waals surface area contributed by atoms with E-state index in [-0.39, 0.29) is 6.04 Å². The first-order valence-corrected chi connectivity index (χ1v) is 7.83. The maximum Gasteiger partial charge on any atom is 0.248 e. The van der Waals surface area contributed by atoms with Crippen molar-refractivity contribution in [1.29, 1.82) is 0 Å². The highest BCUT2D eigenvalue weighted by Gasteiger charge is 2.34. The molecule has 5 heteroatoms. The first kappa shape index (κ1) is 15.6. The topological polar surface area (TPSA) is 102 Å². The summed E-state index contributed by atoms with van der Waals surface area (Å²) in [6, 6.07) is 11.1. The third-order valence-electron chi connectivity index (χ3n) is 4.58. The number of hydrogen-bond acceptors (Lipinski definition) is 4. The molecular formula is C18H21N3O2. The molecule has 0 unspecified atom stereocenters. The zero-order chi connectivity index (χ0) is 16.4. The van der Waals surface area contributed by atoms with Gasteiger partial charge in [-0.25, -0.2) is 0 Å². The van der Waals surface area contributed by atoms with Gasteiger partial charge >= 0.3 is 0 Å². The van der Waals surface area contributed by atoms with E-state index in [9.17, 15) is 9.90 Å². The molecule has 3 rings (SSSR count). The van der Waals surface area contributed by atoms with Crippen molar-refractivity contribution in [3.63, 3.8) is 0 Å². The van der Waals surface area contributed by atoms with Gasteiger partial charge < -0.3 is 16.6 Å². The van der Waals surface area contributed by atoms with Gasteiger partial charge in [-0.05, 0) is 49.4 Å². The standard InChI is InChI=1S/C18H21N3O2/c19-15-6-8-18(23,9-7-15)16-5-4-14(11-21-16)12-2-1-3-13(10-12)17(20)22/h1-5,10-11,15,23H,6-9,19H2,(H2,20,22). The van der Waals surface area contributed by atoms with E-state index in [1.165, 1.54) is 0 Å². The largest absolute Gasteiger partial charge is 0.384 e. The quantitative estimate of drug-likeness (QED) is 0.806. The lowest BCUT2D eigenvalue weighted by atomic mass is 9.80. The molecule has 0 aliphatic heterocycles. The Morgan fingerprint density at radius 3 is 2.52 bits per heavy atom. The van der Waals surface area contributed by atoms with Crippen molar-refractivity contribution in [3.8, 4) is 11.1 Å². The van der Waals surface area contributed by atoms with Gasteiger partial charge in [0.25, 0.3) is 0 Å². The average Bonchev–Trinajstić information content (AvgIpc) is 2.58. The molecule has 0 bridgehead atoms. The molecule has 0 radical (unpaired) electrons. The Kier molecular flexibility index (Phi) is 4.15. The van der Waals surface area contributed by atoms with Crippen LogP contribution in [-0.4, -0.2) is 22.0 Å². The smallest absolute Gasteiger partial charge is 0.248 e. The Morgan fingerprint density at radius 1 is 1.17 bits per heavy atom. The Hall–Kier alpha value is -2.24. The molecule has 1 aliphatic rings. The van der Waals surface area contributed by atoms with Crippen LogP contribution in [0.1, 0.15) is 41.7 Å². The normalized spacial score (nSPS) is 24.3. The van der Waals surface area contributed by atoms with Crippen molar-refractivity contribution in [2.75, 3.05) is 0 Å². The van der Waals surface area contributed by atoms with Crippen LogP contribution in [0.4, 0.5) is 0 Å². The van der Waals surface area contributed by atoms with E-state index in [4.69, 9.17) is 11.5 Å². The first-order chi connectivity index (χ1) is 11.0. The molecule has 1 amide bonds. The van der Waals surface area contributed by atoms with E-state index in [0.29, 0.717) is 24.1 Å². The van der Waals surface area contributed by atoms with E-state index < -0.39 is 11.5 Å². The van der Waals surface area contributed by atoms with E-state index in [2.05, 4.69) is 4.98 Å². The number of aromatic nitrogens is 1. The van der Waals surface area contributed by atoms with Crippen LogP contribution in [-0.2, 0) is 5.60 Å². The highest BCUT2D eigenvalue weighted by atomic mass is 16.3. The number of hydrogen-bond donors (Lipinski definition) is 3.